The van der Waals surface area contributed by atoms with E-state index >= 15 is 0 Å². The molecule has 1 aliphatic rings. The number of amidine groups is 1. The molecule has 0 aliphatic carbocycles. The summed E-state index contributed by atoms with van der Waals surface area (Å²) in [5.41, 5.74) is 5.21. The zero-order chi connectivity index (χ0) is 10.9. The van der Waals surface area contributed by atoms with E-state index < -0.39 is 5.60 Å². The van der Waals surface area contributed by atoms with E-state index in [-0.39, 0.29) is 11.9 Å². The van der Waals surface area contributed by atoms with Crippen LogP contribution in [0.25, 0.3) is 0 Å². The van der Waals surface area contributed by atoms with Crippen LogP contribution >= 0.6 is 0 Å². The SMILES string of the molecule is CCC1(c2ccccc2)OC(N)=NC1=O. The van der Waals surface area contributed by atoms with Gasteiger partial charge in [-0.15, -0.1) is 0 Å². The molecule has 2 N–H and O–H groups in total. The number of ether oxygens (including phenoxy) is 1. The second-order valence-corrected chi connectivity index (χ2v) is 3.40. The Labute approximate surface area is 87.8 Å². The Morgan fingerprint density at radius 3 is 2.53 bits per heavy atom. The summed E-state index contributed by atoms with van der Waals surface area (Å²) in [6.07, 6.45) is 0.514. The van der Waals surface area contributed by atoms with Gasteiger partial charge in [-0.3, -0.25) is 4.79 Å². The summed E-state index contributed by atoms with van der Waals surface area (Å²) in [7, 11) is 0. The molecule has 2 rings (SSSR count). The molecule has 0 bridgehead atoms. The average Bonchev–Trinajstić information content (AvgIpc) is 2.56. The number of amides is 1. The predicted octanol–water partition coefficient (Wildman–Crippen LogP) is 1.16. The van der Waals surface area contributed by atoms with Crippen molar-refractivity contribution < 1.29 is 9.53 Å². The molecule has 1 heterocycles. The van der Waals surface area contributed by atoms with Crippen LogP contribution in [0.15, 0.2) is 35.3 Å². The first kappa shape index (κ1) is 9.71. The van der Waals surface area contributed by atoms with E-state index in [1.165, 1.54) is 0 Å². The Kier molecular flexibility index (Phi) is 2.19. The summed E-state index contributed by atoms with van der Waals surface area (Å²) in [6.45, 7) is 1.87. The number of benzene rings is 1. The highest BCUT2D eigenvalue weighted by Gasteiger charge is 2.46. The highest BCUT2D eigenvalue weighted by molar-refractivity contribution is 6.01. The minimum absolute atomic E-state index is 0.0503. The summed E-state index contributed by atoms with van der Waals surface area (Å²) in [4.78, 5) is 15.4. The lowest BCUT2D eigenvalue weighted by molar-refractivity contribution is -0.131. The molecule has 0 radical (unpaired) electrons. The minimum Gasteiger partial charge on any atom is -0.443 e. The van der Waals surface area contributed by atoms with Crippen molar-refractivity contribution in [2.24, 2.45) is 10.7 Å². The fourth-order valence-electron chi connectivity index (χ4n) is 1.75. The van der Waals surface area contributed by atoms with Gasteiger partial charge in [0.05, 0.1) is 0 Å². The van der Waals surface area contributed by atoms with Crippen LogP contribution in [0.3, 0.4) is 0 Å². The van der Waals surface area contributed by atoms with Gasteiger partial charge in [0.2, 0.25) is 5.60 Å². The van der Waals surface area contributed by atoms with Gasteiger partial charge in [-0.2, -0.15) is 4.99 Å². The lowest BCUT2D eigenvalue weighted by Gasteiger charge is -2.24. The molecular weight excluding hydrogens is 192 g/mol. The predicted molar refractivity (Wildman–Crippen MR) is 56.1 cm³/mol. The van der Waals surface area contributed by atoms with Crippen LogP contribution in [-0.2, 0) is 15.1 Å². The van der Waals surface area contributed by atoms with Crippen molar-refractivity contribution in [2.45, 2.75) is 18.9 Å². The largest absolute Gasteiger partial charge is 0.443 e. The number of hydrogen-bond donors (Lipinski definition) is 1. The topological polar surface area (TPSA) is 64.7 Å². The molecule has 0 saturated heterocycles. The minimum atomic E-state index is -1.01. The molecule has 0 saturated carbocycles. The molecule has 0 aromatic heterocycles. The maximum absolute atomic E-state index is 11.7. The van der Waals surface area contributed by atoms with E-state index in [0.717, 1.165) is 5.56 Å². The quantitative estimate of drug-likeness (QED) is 0.786. The van der Waals surface area contributed by atoms with E-state index in [9.17, 15) is 4.79 Å². The Hall–Kier alpha value is -1.84. The molecule has 4 nitrogen and oxygen atoms in total. The Bertz CT molecular complexity index is 414. The van der Waals surface area contributed by atoms with Crippen molar-refractivity contribution in [1.29, 1.82) is 0 Å². The van der Waals surface area contributed by atoms with E-state index in [2.05, 4.69) is 4.99 Å². The Morgan fingerprint density at radius 2 is 2.07 bits per heavy atom. The van der Waals surface area contributed by atoms with Crippen molar-refractivity contribution in [1.82, 2.24) is 0 Å². The highest BCUT2D eigenvalue weighted by atomic mass is 16.5. The fraction of sp³-hybridized carbons (Fsp3) is 0.273. The molecular formula is C11H12N2O2. The van der Waals surface area contributed by atoms with Crippen molar-refractivity contribution in [2.75, 3.05) is 0 Å². The maximum Gasteiger partial charge on any atom is 0.299 e. The van der Waals surface area contributed by atoms with Crippen LogP contribution in [-0.4, -0.2) is 11.9 Å². The van der Waals surface area contributed by atoms with E-state index in [1.807, 2.05) is 37.3 Å². The van der Waals surface area contributed by atoms with E-state index in [4.69, 9.17) is 10.5 Å². The monoisotopic (exact) mass is 204 g/mol. The molecule has 1 atom stereocenters. The lowest BCUT2D eigenvalue weighted by atomic mass is 9.90. The van der Waals surface area contributed by atoms with Crippen LogP contribution in [0.2, 0.25) is 0 Å². The summed E-state index contributed by atoms with van der Waals surface area (Å²) < 4.78 is 5.37. The molecule has 4 heteroatoms. The summed E-state index contributed by atoms with van der Waals surface area (Å²) in [5, 5.41) is 0. The second kappa shape index (κ2) is 3.38. The van der Waals surface area contributed by atoms with Crippen molar-refractivity contribution >= 4 is 11.9 Å². The number of rotatable bonds is 2. The molecule has 1 unspecified atom stereocenters. The molecule has 1 aliphatic heterocycles. The van der Waals surface area contributed by atoms with E-state index in [1.54, 1.807) is 0 Å². The molecule has 0 spiro atoms. The molecule has 1 aromatic rings. The number of carbonyl (C=O) groups is 1. The second-order valence-electron chi connectivity index (χ2n) is 3.40. The van der Waals surface area contributed by atoms with Crippen LogP contribution in [0.1, 0.15) is 18.9 Å². The van der Waals surface area contributed by atoms with E-state index in [0.29, 0.717) is 6.42 Å². The number of nitrogens with zero attached hydrogens (tertiary/aromatic N) is 1. The van der Waals surface area contributed by atoms with Crippen LogP contribution in [0.5, 0.6) is 0 Å². The standard InChI is InChI=1S/C11H12N2O2/c1-2-11(8-6-4-3-5-7-8)9(14)13-10(12)15-11/h3-7H,2H2,1H3,(H2,12,13,14). The number of aliphatic imine (C=N–C) groups is 1. The van der Waals surface area contributed by atoms with Crippen LogP contribution in [0.4, 0.5) is 0 Å². The fourth-order valence-corrected chi connectivity index (χ4v) is 1.75. The van der Waals surface area contributed by atoms with Gasteiger partial charge in [0.1, 0.15) is 0 Å². The third-order valence-corrected chi connectivity index (χ3v) is 2.57. The van der Waals surface area contributed by atoms with Gasteiger partial charge in [0.25, 0.3) is 11.9 Å². The van der Waals surface area contributed by atoms with Gasteiger partial charge in [0.15, 0.2) is 0 Å². The van der Waals surface area contributed by atoms with Crippen LogP contribution < -0.4 is 5.73 Å². The van der Waals surface area contributed by atoms with Crippen molar-refractivity contribution in [3.05, 3.63) is 35.9 Å². The Balaban J connectivity index is 2.45. The molecule has 0 fully saturated rings. The third kappa shape index (κ3) is 1.38. The zero-order valence-electron chi connectivity index (χ0n) is 8.43. The van der Waals surface area contributed by atoms with Gasteiger partial charge in [-0.25, -0.2) is 0 Å². The average molecular weight is 204 g/mol. The Morgan fingerprint density at radius 1 is 1.40 bits per heavy atom. The summed E-state index contributed by atoms with van der Waals surface area (Å²) in [5.74, 6) is -0.325. The molecule has 1 aromatic carbocycles. The number of hydrogen-bond acceptors (Lipinski definition) is 3. The van der Waals surface area contributed by atoms with Gasteiger partial charge in [-0.1, -0.05) is 37.3 Å². The maximum atomic E-state index is 11.7. The van der Waals surface area contributed by atoms with Crippen molar-refractivity contribution in [3.63, 3.8) is 0 Å². The molecule has 1 amide bonds. The van der Waals surface area contributed by atoms with Gasteiger partial charge in [-0.05, 0) is 6.42 Å². The molecule has 15 heavy (non-hydrogen) atoms. The van der Waals surface area contributed by atoms with Crippen LogP contribution in [0, 0.1) is 0 Å². The summed E-state index contributed by atoms with van der Waals surface area (Å²) >= 11 is 0. The van der Waals surface area contributed by atoms with Crippen molar-refractivity contribution in [3.8, 4) is 0 Å². The van der Waals surface area contributed by atoms with Gasteiger partial charge >= 0.3 is 0 Å². The normalized spacial score (nSPS) is 24.9. The first-order valence-corrected chi connectivity index (χ1v) is 4.82. The van der Waals surface area contributed by atoms with Gasteiger partial charge in [0, 0.05) is 5.56 Å². The number of nitrogens with two attached hydrogens (primary N) is 1. The zero-order valence-corrected chi connectivity index (χ0v) is 8.43. The summed E-state index contributed by atoms with van der Waals surface area (Å²) in [6, 6.07) is 9.24. The lowest BCUT2D eigenvalue weighted by Crippen LogP contribution is -2.34. The number of carbonyl (C=O) groups excluding carboxylic acids is 1. The smallest absolute Gasteiger partial charge is 0.299 e. The third-order valence-electron chi connectivity index (χ3n) is 2.57. The first-order valence-electron chi connectivity index (χ1n) is 4.82. The molecule has 78 valence electrons. The first-order chi connectivity index (χ1) is 7.19. The van der Waals surface area contributed by atoms with Gasteiger partial charge < -0.3 is 10.5 Å². The highest BCUT2D eigenvalue weighted by Crippen LogP contribution is 2.34.